The Bertz CT molecular complexity index is 649. The van der Waals surface area contributed by atoms with Crippen LogP contribution in [0, 0.1) is 5.92 Å². The van der Waals surface area contributed by atoms with Gasteiger partial charge in [0.05, 0.1) is 12.5 Å². The number of carboxylic acid groups (broad SMARTS) is 1. The van der Waals surface area contributed by atoms with Crippen molar-refractivity contribution in [2.45, 2.75) is 57.3 Å². The van der Waals surface area contributed by atoms with E-state index >= 15 is 0 Å². The summed E-state index contributed by atoms with van der Waals surface area (Å²) in [5.74, 6) is -3.56. The molecule has 0 aromatic rings. The first-order valence-electron chi connectivity index (χ1n) is 9.70. The summed E-state index contributed by atoms with van der Waals surface area (Å²) < 4.78 is 0. The fourth-order valence-electron chi connectivity index (χ4n) is 2.53. The minimum absolute atomic E-state index is 0.0162. The Hall–Kier alpha value is -1.99. The van der Waals surface area contributed by atoms with Crippen molar-refractivity contribution in [1.29, 1.82) is 0 Å². The number of nitrogens with two attached hydrogens (primary N) is 2. The lowest BCUT2D eigenvalue weighted by molar-refractivity contribution is -0.141. The SMILES string of the molecule is CSCCC(NC(=O)C(CC(C)C)NC(=O)C(N)CC(N)=O)C(=O)NC(CS)C(=O)O. The number of aliphatic carboxylic acids is 1. The van der Waals surface area contributed by atoms with Crippen LogP contribution in [0.3, 0.4) is 0 Å². The molecule has 0 aliphatic heterocycles. The van der Waals surface area contributed by atoms with E-state index in [-0.39, 0.29) is 30.9 Å². The lowest BCUT2D eigenvalue weighted by Gasteiger charge is -2.25. The number of hydrogen-bond donors (Lipinski definition) is 7. The Morgan fingerprint density at radius 3 is 1.94 bits per heavy atom. The number of hydrogen-bond acceptors (Lipinski definition) is 8. The lowest BCUT2D eigenvalue weighted by Crippen LogP contribution is -2.57. The number of carbonyl (C=O) groups excluding carboxylic acids is 4. The van der Waals surface area contributed by atoms with E-state index in [1.807, 2.05) is 20.1 Å². The van der Waals surface area contributed by atoms with Crippen LogP contribution in [0.25, 0.3) is 0 Å². The molecule has 0 bridgehead atoms. The van der Waals surface area contributed by atoms with E-state index in [4.69, 9.17) is 16.6 Å². The van der Waals surface area contributed by atoms with E-state index in [0.29, 0.717) is 5.75 Å². The predicted octanol–water partition coefficient (Wildman–Crippen LogP) is -1.54. The second-order valence-corrected chi connectivity index (χ2v) is 8.74. The molecule has 0 rings (SSSR count). The summed E-state index contributed by atoms with van der Waals surface area (Å²) in [4.78, 5) is 59.8. The van der Waals surface area contributed by atoms with Gasteiger partial charge in [0, 0.05) is 5.75 Å². The van der Waals surface area contributed by atoms with E-state index < -0.39 is 53.8 Å². The van der Waals surface area contributed by atoms with Crippen molar-refractivity contribution in [3.8, 4) is 0 Å². The summed E-state index contributed by atoms with van der Waals surface area (Å²) in [5, 5.41) is 16.5. The molecule has 0 saturated heterocycles. The van der Waals surface area contributed by atoms with Crippen molar-refractivity contribution in [2.24, 2.45) is 17.4 Å². The van der Waals surface area contributed by atoms with Gasteiger partial charge in [-0.2, -0.15) is 24.4 Å². The van der Waals surface area contributed by atoms with Crippen LogP contribution >= 0.6 is 24.4 Å². The molecule has 178 valence electrons. The first-order valence-corrected chi connectivity index (χ1v) is 11.7. The first-order chi connectivity index (χ1) is 14.4. The normalized spacial score (nSPS) is 14.8. The number of carbonyl (C=O) groups is 5. The molecule has 0 saturated carbocycles. The maximum atomic E-state index is 12.8. The molecule has 0 heterocycles. The molecule has 0 aliphatic rings. The average molecular weight is 480 g/mol. The minimum Gasteiger partial charge on any atom is -0.480 e. The van der Waals surface area contributed by atoms with E-state index in [2.05, 4.69) is 28.6 Å². The number of thioether (sulfide) groups is 1. The molecule has 31 heavy (non-hydrogen) atoms. The van der Waals surface area contributed by atoms with Crippen LogP contribution in [0.1, 0.15) is 33.1 Å². The van der Waals surface area contributed by atoms with Gasteiger partial charge in [-0.15, -0.1) is 0 Å². The quantitative estimate of drug-likeness (QED) is 0.137. The number of amides is 4. The fraction of sp³-hybridized carbons (Fsp3) is 0.722. The molecule has 0 aromatic carbocycles. The van der Waals surface area contributed by atoms with Crippen LogP contribution < -0.4 is 27.4 Å². The predicted molar refractivity (Wildman–Crippen MR) is 122 cm³/mol. The van der Waals surface area contributed by atoms with Gasteiger partial charge in [-0.3, -0.25) is 19.2 Å². The smallest absolute Gasteiger partial charge is 0.327 e. The van der Waals surface area contributed by atoms with Crippen LogP contribution in [-0.2, 0) is 24.0 Å². The van der Waals surface area contributed by atoms with Gasteiger partial charge in [-0.1, -0.05) is 13.8 Å². The van der Waals surface area contributed by atoms with Crippen LogP contribution in [-0.4, -0.2) is 76.6 Å². The zero-order chi connectivity index (χ0) is 24.1. The second kappa shape index (κ2) is 14.9. The van der Waals surface area contributed by atoms with Crippen LogP contribution in [0.2, 0.25) is 0 Å². The average Bonchev–Trinajstić information content (AvgIpc) is 2.66. The summed E-state index contributed by atoms with van der Waals surface area (Å²) in [6.07, 6.45) is 1.96. The van der Waals surface area contributed by atoms with Gasteiger partial charge in [-0.05, 0) is 30.8 Å². The molecule has 0 fully saturated rings. The largest absolute Gasteiger partial charge is 0.480 e. The van der Waals surface area contributed by atoms with Crippen molar-refractivity contribution in [3.05, 3.63) is 0 Å². The third-order valence-corrected chi connectivity index (χ3v) is 5.15. The monoisotopic (exact) mass is 479 g/mol. The van der Waals surface area contributed by atoms with Crippen molar-refractivity contribution in [2.75, 3.05) is 17.8 Å². The lowest BCUT2D eigenvalue weighted by atomic mass is 10.0. The fourth-order valence-corrected chi connectivity index (χ4v) is 3.24. The summed E-state index contributed by atoms with van der Waals surface area (Å²) in [7, 11) is 0. The van der Waals surface area contributed by atoms with Crippen LogP contribution in [0.4, 0.5) is 0 Å². The molecule has 0 spiro atoms. The summed E-state index contributed by atoms with van der Waals surface area (Å²) in [5.41, 5.74) is 10.7. The Labute approximate surface area is 191 Å². The maximum Gasteiger partial charge on any atom is 0.327 e. The third kappa shape index (κ3) is 11.8. The summed E-state index contributed by atoms with van der Waals surface area (Å²) in [6.45, 7) is 3.69. The Morgan fingerprint density at radius 2 is 1.48 bits per heavy atom. The molecule has 4 amide bonds. The molecule has 11 nitrogen and oxygen atoms in total. The highest BCUT2D eigenvalue weighted by molar-refractivity contribution is 7.98. The Morgan fingerprint density at radius 1 is 0.968 bits per heavy atom. The first kappa shape index (κ1) is 29.0. The molecule has 13 heteroatoms. The van der Waals surface area contributed by atoms with Gasteiger partial charge in [0.15, 0.2) is 0 Å². The number of carboxylic acids is 1. The highest BCUT2D eigenvalue weighted by atomic mass is 32.2. The Balaban J connectivity index is 5.37. The van der Waals surface area contributed by atoms with Gasteiger partial charge in [0.2, 0.25) is 23.6 Å². The Kier molecular flexibility index (Phi) is 14.0. The van der Waals surface area contributed by atoms with E-state index in [1.54, 1.807) is 0 Å². The maximum absolute atomic E-state index is 12.8. The van der Waals surface area contributed by atoms with Gasteiger partial charge < -0.3 is 32.5 Å². The topological polar surface area (TPSA) is 194 Å². The highest BCUT2D eigenvalue weighted by Crippen LogP contribution is 2.08. The molecule has 4 unspecified atom stereocenters. The molecule has 0 aliphatic carbocycles. The zero-order valence-corrected chi connectivity index (χ0v) is 19.6. The number of nitrogens with one attached hydrogen (secondary N) is 3. The summed E-state index contributed by atoms with van der Waals surface area (Å²) in [6, 6.07) is -4.42. The number of thiol groups is 1. The van der Waals surface area contributed by atoms with Crippen molar-refractivity contribution >= 4 is 54.0 Å². The zero-order valence-electron chi connectivity index (χ0n) is 17.9. The van der Waals surface area contributed by atoms with Crippen LogP contribution in [0.15, 0.2) is 0 Å². The second-order valence-electron chi connectivity index (χ2n) is 7.39. The van der Waals surface area contributed by atoms with E-state index in [9.17, 15) is 24.0 Å². The van der Waals surface area contributed by atoms with E-state index in [0.717, 1.165) is 0 Å². The molecule has 8 N–H and O–H groups in total. The van der Waals surface area contributed by atoms with E-state index in [1.165, 1.54) is 11.8 Å². The van der Waals surface area contributed by atoms with Crippen LogP contribution in [0.5, 0.6) is 0 Å². The van der Waals surface area contributed by atoms with Gasteiger partial charge >= 0.3 is 5.97 Å². The number of primary amides is 1. The molecular weight excluding hydrogens is 446 g/mol. The molecule has 4 atom stereocenters. The van der Waals surface area contributed by atoms with Gasteiger partial charge in [-0.25, -0.2) is 4.79 Å². The highest BCUT2D eigenvalue weighted by Gasteiger charge is 2.30. The van der Waals surface area contributed by atoms with Crippen molar-refractivity contribution < 1.29 is 29.1 Å². The van der Waals surface area contributed by atoms with Gasteiger partial charge in [0.1, 0.15) is 18.1 Å². The van der Waals surface area contributed by atoms with Crippen molar-refractivity contribution in [1.82, 2.24) is 16.0 Å². The molecule has 0 aromatic heterocycles. The third-order valence-electron chi connectivity index (χ3n) is 4.14. The van der Waals surface area contributed by atoms with Gasteiger partial charge in [0.25, 0.3) is 0 Å². The molecule has 0 radical (unpaired) electrons. The van der Waals surface area contributed by atoms with Crippen molar-refractivity contribution in [3.63, 3.8) is 0 Å². The minimum atomic E-state index is -1.24. The standard InChI is InChI=1S/C18H33N5O6S2/c1-9(2)6-12(22-15(25)10(19)7-14(20)24)17(27)21-11(4-5-31-3)16(26)23-13(8-30)18(28)29/h9-13,30H,4-8,19H2,1-3H3,(H2,20,24)(H,21,27)(H,22,25)(H,23,26)(H,28,29). The number of rotatable bonds is 15. The molecular formula is C18H33N5O6S2. The summed E-state index contributed by atoms with van der Waals surface area (Å²) >= 11 is 5.36.